The maximum atomic E-state index is 10.2. The first-order valence-corrected chi connectivity index (χ1v) is 6.24. The average molecular weight is 241 g/mol. The first-order chi connectivity index (χ1) is 8.63. The van der Waals surface area contributed by atoms with E-state index < -0.39 is 0 Å². The molecule has 2 aromatic carbocycles. The van der Waals surface area contributed by atoms with Crippen LogP contribution in [0.2, 0.25) is 0 Å². The van der Waals surface area contributed by atoms with Crippen LogP contribution in [0.25, 0.3) is 11.1 Å². The van der Waals surface area contributed by atoms with Crippen molar-refractivity contribution in [2.24, 2.45) is 5.73 Å². The van der Waals surface area contributed by atoms with E-state index in [1.165, 1.54) is 0 Å². The molecule has 2 nitrogen and oxygen atoms in total. The molecule has 0 unspecified atom stereocenters. The Morgan fingerprint density at radius 1 is 1.06 bits per heavy atom. The van der Waals surface area contributed by atoms with Gasteiger partial charge in [-0.15, -0.1) is 0 Å². The molecular weight excluding hydrogens is 222 g/mol. The molecule has 0 heterocycles. The van der Waals surface area contributed by atoms with Crippen molar-refractivity contribution in [3.05, 3.63) is 53.6 Å². The lowest BCUT2D eigenvalue weighted by Gasteiger charge is -2.14. The Morgan fingerprint density at radius 2 is 1.72 bits per heavy atom. The number of aromatic hydroxyl groups is 1. The van der Waals surface area contributed by atoms with Gasteiger partial charge in [-0.25, -0.2) is 0 Å². The third kappa shape index (κ3) is 2.39. The zero-order valence-corrected chi connectivity index (χ0v) is 10.9. The first kappa shape index (κ1) is 12.7. The summed E-state index contributed by atoms with van der Waals surface area (Å²) in [6, 6.07) is 14.2. The van der Waals surface area contributed by atoms with Crippen LogP contribution in [0, 0.1) is 0 Å². The van der Waals surface area contributed by atoms with Crippen molar-refractivity contribution in [1.82, 2.24) is 0 Å². The molecule has 2 heteroatoms. The lowest BCUT2D eigenvalue weighted by atomic mass is 9.93. The predicted molar refractivity (Wildman–Crippen MR) is 75.5 cm³/mol. The van der Waals surface area contributed by atoms with Crippen LogP contribution in [0.1, 0.15) is 30.9 Å². The molecule has 0 aliphatic rings. The molecule has 0 radical (unpaired) electrons. The van der Waals surface area contributed by atoms with E-state index in [9.17, 15) is 5.11 Å². The molecule has 0 fully saturated rings. The minimum atomic E-state index is 0.277. The fraction of sp³-hybridized carbons (Fsp3) is 0.250. The first-order valence-electron chi connectivity index (χ1n) is 6.24. The van der Waals surface area contributed by atoms with E-state index >= 15 is 0 Å². The Hall–Kier alpha value is -1.80. The van der Waals surface area contributed by atoms with Crippen molar-refractivity contribution in [2.75, 3.05) is 0 Å². The quantitative estimate of drug-likeness (QED) is 0.861. The van der Waals surface area contributed by atoms with E-state index in [4.69, 9.17) is 5.73 Å². The van der Waals surface area contributed by atoms with Gasteiger partial charge in [0.1, 0.15) is 5.75 Å². The molecule has 0 aliphatic carbocycles. The zero-order chi connectivity index (χ0) is 13.1. The second-order valence-electron chi connectivity index (χ2n) is 4.80. The summed E-state index contributed by atoms with van der Waals surface area (Å²) >= 11 is 0. The summed E-state index contributed by atoms with van der Waals surface area (Å²) in [6.45, 7) is 4.50. The number of phenols is 1. The molecule has 2 aromatic rings. The molecular formula is C16H19NO. The molecule has 0 amide bonds. The topological polar surface area (TPSA) is 46.2 Å². The number of benzene rings is 2. The Bertz CT molecular complexity index is 532. The van der Waals surface area contributed by atoms with E-state index in [0.29, 0.717) is 12.3 Å². The van der Waals surface area contributed by atoms with Crippen molar-refractivity contribution in [3.63, 3.8) is 0 Å². The fourth-order valence-electron chi connectivity index (χ4n) is 2.11. The Balaban J connectivity index is 2.59. The molecule has 0 spiro atoms. The summed E-state index contributed by atoms with van der Waals surface area (Å²) in [7, 11) is 0. The van der Waals surface area contributed by atoms with Gasteiger partial charge in [-0.1, -0.05) is 44.2 Å². The maximum Gasteiger partial charge on any atom is 0.123 e. The Labute approximate surface area is 108 Å². The van der Waals surface area contributed by atoms with Crippen molar-refractivity contribution >= 4 is 0 Å². The second-order valence-corrected chi connectivity index (χ2v) is 4.80. The van der Waals surface area contributed by atoms with Crippen LogP contribution in [-0.2, 0) is 6.54 Å². The van der Waals surface area contributed by atoms with E-state index in [0.717, 1.165) is 22.3 Å². The number of hydrogen-bond acceptors (Lipinski definition) is 2. The Morgan fingerprint density at radius 3 is 2.28 bits per heavy atom. The molecule has 0 aromatic heterocycles. The van der Waals surface area contributed by atoms with Crippen molar-refractivity contribution < 1.29 is 5.11 Å². The fourth-order valence-corrected chi connectivity index (χ4v) is 2.11. The summed E-state index contributed by atoms with van der Waals surface area (Å²) in [5.41, 5.74) is 9.72. The molecule has 0 bridgehead atoms. The van der Waals surface area contributed by atoms with Gasteiger partial charge < -0.3 is 10.8 Å². The van der Waals surface area contributed by atoms with E-state index in [-0.39, 0.29) is 5.92 Å². The second kappa shape index (κ2) is 5.23. The molecule has 18 heavy (non-hydrogen) atoms. The summed E-state index contributed by atoms with van der Waals surface area (Å²) in [6.07, 6.45) is 0. The highest BCUT2D eigenvalue weighted by Gasteiger charge is 2.12. The van der Waals surface area contributed by atoms with Crippen molar-refractivity contribution in [2.45, 2.75) is 26.3 Å². The van der Waals surface area contributed by atoms with Crippen LogP contribution in [0.5, 0.6) is 5.75 Å². The molecule has 0 aliphatic heterocycles. The monoisotopic (exact) mass is 241 g/mol. The van der Waals surface area contributed by atoms with Gasteiger partial charge in [0.25, 0.3) is 0 Å². The normalized spacial score (nSPS) is 10.9. The van der Waals surface area contributed by atoms with Gasteiger partial charge in [0.2, 0.25) is 0 Å². The van der Waals surface area contributed by atoms with Crippen LogP contribution in [0.4, 0.5) is 0 Å². The largest absolute Gasteiger partial charge is 0.507 e. The van der Waals surface area contributed by atoms with Crippen molar-refractivity contribution in [1.29, 1.82) is 0 Å². The number of hydrogen-bond donors (Lipinski definition) is 2. The zero-order valence-electron chi connectivity index (χ0n) is 10.9. The molecule has 2 rings (SSSR count). The third-order valence-electron chi connectivity index (χ3n) is 3.17. The minimum absolute atomic E-state index is 0.277. The van der Waals surface area contributed by atoms with Crippen LogP contribution >= 0.6 is 0 Å². The molecule has 0 saturated carbocycles. The van der Waals surface area contributed by atoms with Crippen molar-refractivity contribution in [3.8, 4) is 16.9 Å². The van der Waals surface area contributed by atoms with Crippen LogP contribution in [0.15, 0.2) is 42.5 Å². The summed E-state index contributed by atoms with van der Waals surface area (Å²) in [5, 5.41) is 10.2. The van der Waals surface area contributed by atoms with Gasteiger partial charge in [-0.2, -0.15) is 0 Å². The highest BCUT2D eigenvalue weighted by atomic mass is 16.3. The molecule has 3 N–H and O–H groups in total. The smallest absolute Gasteiger partial charge is 0.123 e. The number of nitrogens with two attached hydrogens (primary N) is 1. The van der Waals surface area contributed by atoms with Gasteiger partial charge in [0, 0.05) is 12.1 Å². The van der Waals surface area contributed by atoms with Gasteiger partial charge in [-0.05, 0) is 34.7 Å². The van der Waals surface area contributed by atoms with Gasteiger partial charge >= 0.3 is 0 Å². The van der Waals surface area contributed by atoms with Crippen LogP contribution in [-0.4, -0.2) is 5.11 Å². The van der Waals surface area contributed by atoms with E-state index in [2.05, 4.69) is 32.0 Å². The summed E-state index contributed by atoms with van der Waals surface area (Å²) in [5.74, 6) is 0.617. The van der Waals surface area contributed by atoms with E-state index in [1.54, 1.807) is 0 Å². The van der Waals surface area contributed by atoms with Gasteiger partial charge in [0.05, 0.1) is 0 Å². The maximum absolute atomic E-state index is 10.2. The van der Waals surface area contributed by atoms with Crippen LogP contribution < -0.4 is 5.73 Å². The average Bonchev–Trinajstić information content (AvgIpc) is 2.39. The summed E-state index contributed by atoms with van der Waals surface area (Å²) in [4.78, 5) is 0. The SMILES string of the molecule is CC(C)c1cc(-c2ccccc2)cc(CN)c1O. The highest BCUT2D eigenvalue weighted by molar-refractivity contribution is 5.67. The molecule has 0 saturated heterocycles. The molecule has 0 atom stereocenters. The number of rotatable bonds is 3. The lowest BCUT2D eigenvalue weighted by Crippen LogP contribution is -2.00. The third-order valence-corrected chi connectivity index (χ3v) is 3.17. The van der Waals surface area contributed by atoms with E-state index in [1.807, 2.05) is 24.3 Å². The minimum Gasteiger partial charge on any atom is -0.507 e. The van der Waals surface area contributed by atoms with Crippen LogP contribution in [0.3, 0.4) is 0 Å². The lowest BCUT2D eigenvalue weighted by molar-refractivity contribution is 0.458. The van der Waals surface area contributed by atoms with Gasteiger partial charge in [-0.3, -0.25) is 0 Å². The molecule has 94 valence electrons. The standard InChI is InChI=1S/C16H19NO/c1-11(2)15-9-13(8-14(10-17)16(15)18)12-6-4-3-5-7-12/h3-9,11,18H,10,17H2,1-2H3. The van der Waals surface area contributed by atoms with Gasteiger partial charge in [0.15, 0.2) is 0 Å². The number of phenolic OH excluding ortho intramolecular Hbond substituents is 1. The summed E-state index contributed by atoms with van der Waals surface area (Å²) < 4.78 is 0. The highest BCUT2D eigenvalue weighted by Crippen LogP contribution is 2.34. The predicted octanol–water partition coefficient (Wildman–Crippen LogP) is 3.64. The Kier molecular flexibility index (Phi) is 3.68.